The minimum Gasteiger partial charge on any atom is -0.255 e. The van der Waals surface area contributed by atoms with E-state index >= 15 is 0 Å². The van der Waals surface area contributed by atoms with Crippen molar-refractivity contribution < 1.29 is 0 Å². The molecule has 1 aromatic carbocycles. The van der Waals surface area contributed by atoms with E-state index < -0.39 is 0 Å². The van der Waals surface area contributed by atoms with Gasteiger partial charge in [0.1, 0.15) is 0 Å². The highest BCUT2D eigenvalue weighted by atomic mass is 32.1. The molecule has 2 aromatic heterocycles. The quantitative estimate of drug-likeness (QED) is 0.598. The molecule has 0 amide bonds. The zero-order chi connectivity index (χ0) is 13.5. The lowest BCUT2D eigenvalue weighted by molar-refractivity contribution is 0.720. The number of hydrogen-bond donors (Lipinski definition) is 0. The first-order valence-electron chi connectivity index (χ1n) is 6.96. The maximum absolute atomic E-state index is 4.63. The topological polar surface area (TPSA) is 12.9 Å². The Kier molecular flexibility index (Phi) is 2.71. The summed E-state index contributed by atoms with van der Waals surface area (Å²) in [7, 11) is 0. The minimum atomic E-state index is 0.644. The van der Waals surface area contributed by atoms with Gasteiger partial charge < -0.3 is 0 Å². The summed E-state index contributed by atoms with van der Waals surface area (Å²) >= 11 is 1.86. The van der Waals surface area contributed by atoms with Gasteiger partial charge in [0.25, 0.3) is 0 Å². The summed E-state index contributed by atoms with van der Waals surface area (Å²) in [4.78, 5) is 7.30. The van der Waals surface area contributed by atoms with Gasteiger partial charge in [0, 0.05) is 16.5 Å². The van der Waals surface area contributed by atoms with E-state index in [9.17, 15) is 0 Å². The fourth-order valence-electron chi connectivity index (χ4n) is 2.84. The van der Waals surface area contributed by atoms with Crippen LogP contribution in [0.2, 0.25) is 0 Å². The van der Waals surface area contributed by atoms with E-state index in [0.717, 1.165) is 12.1 Å². The Morgan fingerprint density at radius 1 is 1.20 bits per heavy atom. The average Bonchev–Trinajstić information content (AvgIpc) is 2.89. The molecule has 0 aliphatic heterocycles. The lowest BCUT2D eigenvalue weighted by atomic mass is 9.96. The molecule has 2 heterocycles. The molecule has 1 unspecified atom stereocenters. The van der Waals surface area contributed by atoms with Crippen molar-refractivity contribution in [1.82, 2.24) is 4.98 Å². The second-order valence-electron chi connectivity index (χ2n) is 5.42. The predicted molar refractivity (Wildman–Crippen MR) is 87.0 cm³/mol. The normalized spacial score (nSPS) is 17.4. The van der Waals surface area contributed by atoms with Gasteiger partial charge in [0.15, 0.2) is 0 Å². The fourth-order valence-corrected chi connectivity index (χ4v) is 3.96. The van der Waals surface area contributed by atoms with Crippen molar-refractivity contribution >= 4 is 28.2 Å². The van der Waals surface area contributed by atoms with Gasteiger partial charge in [0.2, 0.25) is 0 Å². The standard InChI is InChI=1S/C18H15NS/c1-12-6-7-16-14(10-12)11-17(20-16)18-15-5-3-2-4-13(15)8-9-19-18/h2-9,11-12H,10H2,1H3. The molecule has 0 N–H and O–H groups in total. The smallest absolute Gasteiger partial charge is 0.0880 e. The Balaban J connectivity index is 1.90. The van der Waals surface area contributed by atoms with Crippen LogP contribution in [0.3, 0.4) is 0 Å². The van der Waals surface area contributed by atoms with Gasteiger partial charge in [-0.25, -0.2) is 0 Å². The number of hydrogen-bond acceptors (Lipinski definition) is 2. The van der Waals surface area contributed by atoms with Gasteiger partial charge in [-0.1, -0.05) is 37.3 Å². The molecule has 1 aliphatic rings. The molecule has 0 fully saturated rings. The molecule has 0 radical (unpaired) electrons. The number of fused-ring (bicyclic) bond motifs is 2. The third-order valence-corrected chi connectivity index (χ3v) is 5.02. The molecule has 20 heavy (non-hydrogen) atoms. The van der Waals surface area contributed by atoms with Crippen LogP contribution in [0.5, 0.6) is 0 Å². The zero-order valence-electron chi connectivity index (χ0n) is 11.3. The zero-order valence-corrected chi connectivity index (χ0v) is 12.2. The summed E-state index contributed by atoms with van der Waals surface area (Å²) in [6.45, 7) is 2.27. The summed E-state index contributed by atoms with van der Waals surface area (Å²) in [6.07, 6.45) is 7.63. The Labute approximate surface area is 122 Å². The van der Waals surface area contributed by atoms with Crippen molar-refractivity contribution in [2.24, 2.45) is 5.92 Å². The van der Waals surface area contributed by atoms with Crippen LogP contribution in [0.4, 0.5) is 0 Å². The average molecular weight is 277 g/mol. The van der Waals surface area contributed by atoms with E-state index in [0.29, 0.717) is 5.92 Å². The molecule has 0 saturated carbocycles. The van der Waals surface area contributed by atoms with Gasteiger partial charge in [0.05, 0.1) is 10.6 Å². The molecule has 2 heteroatoms. The van der Waals surface area contributed by atoms with E-state index in [1.165, 1.54) is 26.1 Å². The van der Waals surface area contributed by atoms with E-state index in [2.05, 4.69) is 60.5 Å². The molecule has 3 aromatic rings. The molecule has 0 spiro atoms. The fraction of sp³-hybridized carbons (Fsp3) is 0.167. The molecule has 0 bridgehead atoms. The Bertz CT molecular complexity index is 808. The summed E-state index contributed by atoms with van der Waals surface area (Å²) in [5.41, 5.74) is 2.58. The number of nitrogens with zero attached hydrogens (tertiary/aromatic N) is 1. The summed E-state index contributed by atoms with van der Waals surface area (Å²) in [6, 6.07) is 12.9. The number of thiophene rings is 1. The Morgan fingerprint density at radius 3 is 3.05 bits per heavy atom. The van der Waals surface area contributed by atoms with E-state index in [4.69, 9.17) is 0 Å². The summed E-state index contributed by atoms with van der Waals surface area (Å²) in [5, 5.41) is 2.50. The second-order valence-corrected chi connectivity index (χ2v) is 6.51. The van der Waals surface area contributed by atoms with Crippen LogP contribution >= 0.6 is 11.3 Å². The number of aromatic nitrogens is 1. The van der Waals surface area contributed by atoms with Gasteiger partial charge >= 0.3 is 0 Å². The first-order chi connectivity index (χ1) is 9.81. The third-order valence-electron chi connectivity index (χ3n) is 3.87. The first kappa shape index (κ1) is 11.9. The van der Waals surface area contributed by atoms with Crippen molar-refractivity contribution in [3.05, 3.63) is 59.1 Å². The lowest BCUT2D eigenvalue weighted by Gasteiger charge is -2.10. The number of pyridine rings is 1. The van der Waals surface area contributed by atoms with Crippen LogP contribution < -0.4 is 0 Å². The first-order valence-corrected chi connectivity index (χ1v) is 7.78. The maximum Gasteiger partial charge on any atom is 0.0880 e. The molecule has 4 rings (SSSR count). The van der Waals surface area contributed by atoms with Crippen molar-refractivity contribution in [3.63, 3.8) is 0 Å². The third kappa shape index (κ3) is 1.88. The van der Waals surface area contributed by atoms with Gasteiger partial charge in [-0.15, -0.1) is 11.3 Å². The van der Waals surface area contributed by atoms with Crippen molar-refractivity contribution in [1.29, 1.82) is 0 Å². The monoisotopic (exact) mass is 277 g/mol. The van der Waals surface area contributed by atoms with Crippen LogP contribution in [0.15, 0.2) is 48.7 Å². The Hall–Kier alpha value is -1.93. The molecule has 1 atom stereocenters. The number of rotatable bonds is 1. The van der Waals surface area contributed by atoms with Crippen LogP contribution in [-0.4, -0.2) is 4.98 Å². The highest BCUT2D eigenvalue weighted by molar-refractivity contribution is 7.16. The summed E-state index contributed by atoms with van der Waals surface area (Å²) in [5.74, 6) is 0.644. The van der Waals surface area contributed by atoms with Crippen molar-refractivity contribution in [2.75, 3.05) is 0 Å². The maximum atomic E-state index is 4.63. The van der Waals surface area contributed by atoms with E-state index in [-0.39, 0.29) is 0 Å². The van der Waals surface area contributed by atoms with E-state index in [1.807, 2.05) is 17.5 Å². The van der Waals surface area contributed by atoms with Gasteiger partial charge in [-0.2, -0.15) is 0 Å². The molecule has 1 nitrogen and oxygen atoms in total. The lowest BCUT2D eigenvalue weighted by Crippen LogP contribution is -1.99. The number of allylic oxidation sites excluding steroid dienone is 1. The molecule has 0 saturated heterocycles. The van der Waals surface area contributed by atoms with Crippen LogP contribution in [0.1, 0.15) is 17.4 Å². The Morgan fingerprint density at radius 2 is 2.10 bits per heavy atom. The largest absolute Gasteiger partial charge is 0.255 e. The minimum absolute atomic E-state index is 0.644. The van der Waals surface area contributed by atoms with Crippen LogP contribution in [0.25, 0.3) is 27.4 Å². The number of benzene rings is 1. The molecular formula is C18H15NS. The second kappa shape index (κ2) is 4.57. The SMILES string of the molecule is CC1C=Cc2sc(-c3nccc4ccccc34)cc2C1. The van der Waals surface area contributed by atoms with Gasteiger partial charge in [-0.05, 0) is 41.5 Å². The van der Waals surface area contributed by atoms with Crippen molar-refractivity contribution in [2.45, 2.75) is 13.3 Å². The van der Waals surface area contributed by atoms with Crippen molar-refractivity contribution in [3.8, 4) is 10.6 Å². The predicted octanol–water partition coefficient (Wildman–Crippen LogP) is 5.17. The van der Waals surface area contributed by atoms with Crippen LogP contribution in [0, 0.1) is 5.92 Å². The molecule has 1 aliphatic carbocycles. The highest BCUT2D eigenvalue weighted by Gasteiger charge is 2.16. The van der Waals surface area contributed by atoms with Gasteiger partial charge in [-0.3, -0.25) is 4.98 Å². The van der Waals surface area contributed by atoms with Crippen LogP contribution in [-0.2, 0) is 6.42 Å². The summed E-state index contributed by atoms with van der Waals surface area (Å²) < 4.78 is 0. The highest BCUT2D eigenvalue weighted by Crippen LogP contribution is 2.37. The molecular weight excluding hydrogens is 262 g/mol. The molecule has 98 valence electrons. The van der Waals surface area contributed by atoms with E-state index in [1.54, 1.807) is 0 Å².